The van der Waals surface area contributed by atoms with E-state index in [9.17, 15) is 14.3 Å². The number of piperidine rings is 1. The van der Waals surface area contributed by atoms with E-state index in [1.54, 1.807) is 11.8 Å². The van der Waals surface area contributed by atoms with E-state index >= 15 is 0 Å². The molecule has 0 aliphatic carbocycles. The molecule has 0 saturated carbocycles. The second kappa shape index (κ2) is 5.88. The molecule has 0 radical (unpaired) electrons. The van der Waals surface area contributed by atoms with Crippen LogP contribution in [0.5, 0.6) is 0 Å². The molecule has 1 aromatic carbocycles. The summed E-state index contributed by atoms with van der Waals surface area (Å²) in [6, 6.07) is 3.56. The Hall–Kier alpha value is -1.13. The summed E-state index contributed by atoms with van der Waals surface area (Å²) in [6.45, 7) is 2.28. The van der Waals surface area contributed by atoms with Gasteiger partial charge in [0, 0.05) is 6.54 Å². The average Bonchev–Trinajstić information content (AvgIpc) is 2.38. The number of halogens is 2. The molecule has 1 aromatic rings. The zero-order valence-corrected chi connectivity index (χ0v) is 11.5. The van der Waals surface area contributed by atoms with Crippen LogP contribution in [0.1, 0.15) is 36.5 Å². The highest BCUT2D eigenvalue weighted by Gasteiger charge is 2.31. The van der Waals surface area contributed by atoms with E-state index in [0.29, 0.717) is 6.54 Å². The van der Waals surface area contributed by atoms with Gasteiger partial charge in [0.05, 0.1) is 22.7 Å². The Balaban J connectivity index is 2.26. The van der Waals surface area contributed by atoms with Gasteiger partial charge < -0.3 is 10.0 Å². The lowest BCUT2D eigenvalue weighted by Gasteiger charge is -2.37. The van der Waals surface area contributed by atoms with Gasteiger partial charge in [-0.1, -0.05) is 11.6 Å². The molecule has 1 aliphatic heterocycles. The third-order valence-corrected chi connectivity index (χ3v) is 3.84. The van der Waals surface area contributed by atoms with Crippen LogP contribution >= 0.6 is 11.6 Å². The Morgan fingerprint density at radius 2 is 2.26 bits per heavy atom. The standard InChI is InChI=1S/C14H17ClFNO2/c1-9(18)13-4-2-3-7-17(13)14(19)11-6-5-10(16)8-12(11)15/h5-6,8-9,13,18H,2-4,7H2,1H3. The van der Waals surface area contributed by atoms with Crippen molar-refractivity contribution in [3.8, 4) is 0 Å². The number of aliphatic hydroxyl groups excluding tert-OH is 1. The van der Waals surface area contributed by atoms with Gasteiger partial charge in [-0.3, -0.25) is 4.79 Å². The van der Waals surface area contributed by atoms with Gasteiger partial charge in [0.25, 0.3) is 5.91 Å². The maximum Gasteiger partial charge on any atom is 0.255 e. The van der Waals surface area contributed by atoms with Crippen molar-refractivity contribution in [2.75, 3.05) is 6.54 Å². The topological polar surface area (TPSA) is 40.5 Å². The van der Waals surface area contributed by atoms with Crippen LogP contribution in [-0.2, 0) is 0 Å². The maximum absolute atomic E-state index is 13.0. The molecule has 2 rings (SSSR count). The summed E-state index contributed by atoms with van der Waals surface area (Å²) in [5, 5.41) is 9.88. The number of carbonyl (C=O) groups is 1. The molecular weight excluding hydrogens is 269 g/mol. The molecule has 1 N–H and O–H groups in total. The molecule has 0 spiro atoms. The van der Waals surface area contributed by atoms with Crippen LogP contribution in [0.15, 0.2) is 18.2 Å². The van der Waals surface area contributed by atoms with Crippen molar-refractivity contribution in [2.45, 2.75) is 38.3 Å². The van der Waals surface area contributed by atoms with Crippen LogP contribution in [0, 0.1) is 5.82 Å². The number of rotatable bonds is 2. The van der Waals surface area contributed by atoms with Gasteiger partial charge in [-0.15, -0.1) is 0 Å². The molecule has 0 bridgehead atoms. The molecule has 19 heavy (non-hydrogen) atoms. The van der Waals surface area contributed by atoms with E-state index in [0.717, 1.165) is 25.3 Å². The summed E-state index contributed by atoms with van der Waals surface area (Å²) in [6.07, 6.45) is 2.11. The van der Waals surface area contributed by atoms with E-state index in [1.807, 2.05) is 0 Å². The van der Waals surface area contributed by atoms with Gasteiger partial charge in [-0.2, -0.15) is 0 Å². The number of hydrogen-bond acceptors (Lipinski definition) is 2. The van der Waals surface area contributed by atoms with Crippen molar-refractivity contribution in [1.82, 2.24) is 4.90 Å². The molecule has 1 heterocycles. The Bertz CT molecular complexity index is 479. The predicted octanol–water partition coefficient (Wildman–Crippen LogP) is 2.85. The molecule has 1 aliphatic rings. The van der Waals surface area contributed by atoms with Crippen molar-refractivity contribution in [1.29, 1.82) is 0 Å². The van der Waals surface area contributed by atoms with E-state index in [4.69, 9.17) is 11.6 Å². The first kappa shape index (κ1) is 14.3. The fraction of sp³-hybridized carbons (Fsp3) is 0.500. The van der Waals surface area contributed by atoms with Gasteiger partial charge in [0.2, 0.25) is 0 Å². The summed E-state index contributed by atoms with van der Waals surface area (Å²) < 4.78 is 13.0. The van der Waals surface area contributed by atoms with E-state index in [-0.39, 0.29) is 22.5 Å². The summed E-state index contributed by atoms with van der Waals surface area (Å²) in [5.41, 5.74) is 0.288. The number of carbonyl (C=O) groups excluding carboxylic acids is 1. The molecule has 3 nitrogen and oxygen atoms in total. The first-order valence-corrected chi connectivity index (χ1v) is 6.82. The van der Waals surface area contributed by atoms with Crippen molar-refractivity contribution >= 4 is 17.5 Å². The maximum atomic E-state index is 13.0. The number of amides is 1. The zero-order valence-electron chi connectivity index (χ0n) is 10.8. The van der Waals surface area contributed by atoms with Crippen molar-refractivity contribution in [2.24, 2.45) is 0 Å². The Labute approximate surface area is 117 Å². The second-order valence-corrected chi connectivity index (χ2v) is 5.33. The van der Waals surface area contributed by atoms with Crippen LogP contribution < -0.4 is 0 Å². The first-order valence-electron chi connectivity index (χ1n) is 6.45. The number of aliphatic hydroxyl groups is 1. The van der Waals surface area contributed by atoms with Gasteiger partial charge >= 0.3 is 0 Å². The fourth-order valence-electron chi connectivity index (χ4n) is 2.53. The lowest BCUT2D eigenvalue weighted by atomic mass is 9.97. The summed E-state index contributed by atoms with van der Waals surface area (Å²) in [7, 11) is 0. The highest BCUT2D eigenvalue weighted by Crippen LogP contribution is 2.25. The lowest BCUT2D eigenvalue weighted by Crippen LogP contribution is -2.49. The molecule has 2 atom stereocenters. The largest absolute Gasteiger partial charge is 0.391 e. The third kappa shape index (κ3) is 3.07. The molecular formula is C14H17ClFNO2. The van der Waals surface area contributed by atoms with Crippen LogP contribution in [0.4, 0.5) is 4.39 Å². The van der Waals surface area contributed by atoms with Gasteiger partial charge in [0.15, 0.2) is 0 Å². The second-order valence-electron chi connectivity index (χ2n) is 4.93. The molecule has 5 heteroatoms. The number of nitrogens with zero attached hydrogens (tertiary/aromatic N) is 1. The summed E-state index contributed by atoms with van der Waals surface area (Å²) in [5.74, 6) is -0.706. The number of benzene rings is 1. The minimum Gasteiger partial charge on any atom is -0.391 e. The molecule has 0 aromatic heterocycles. The minimum absolute atomic E-state index is 0.111. The Kier molecular flexibility index (Phi) is 4.42. The van der Waals surface area contributed by atoms with Crippen molar-refractivity contribution < 1.29 is 14.3 Å². The Morgan fingerprint density at radius 1 is 1.53 bits per heavy atom. The molecule has 104 valence electrons. The van der Waals surface area contributed by atoms with Crippen LogP contribution in [0.3, 0.4) is 0 Å². The quantitative estimate of drug-likeness (QED) is 0.908. The Morgan fingerprint density at radius 3 is 2.89 bits per heavy atom. The molecule has 1 amide bonds. The smallest absolute Gasteiger partial charge is 0.255 e. The average molecular weight is 286 g/mol. The first-order chi connectivity index (χ1) is 9.00. The summed E-state index contributed by atoms with van der Waals surface area (Å²) in [4.78, 5) is 14.1. The van der Waals surface area contributed by atoms with Gasteiger partial charge in [0.1, 0.15) is 5.82 Å². The lowest BCUT2D eigenvalue weighted by molar-refractivity contribution is 0.0281. The van der Waals surface area contributed by atoms with E-state index in [2.05, 4.69) is 0 Å². The number of hydrogen-bond donors (Lipinski definition) is 1. The predicted molar refractivity (Wildman–Crippen MR) is 71.8 cm³/mol. The van der Waals surface area contributed by atoms with E-state index in [1.165, 1.54) is 12.1 Å². The highest BCUT2D eigenvalue weighted by molar-refractivity contribution is 6.33. The minimum atomic E-state index is -0.580. The normalized spacial score (nSPS) is 21.3. The molecule has 1 saturated heterocycles. The molecule has 1 fully saturated rings. The zero-order chi connectivity index (χ0) is 14.0. The monoisotopic (exact) mass is 285 g/mol. The van der Waals surface area contributed by atoms with Crippen molar-refractivity contribution in [3.63, 3.8) is 0 Å². The van der Waals surface area contributed by atoms with Crippen LogP contribution in [0.2, 0.25) is 5.02 Å². The van der Waals surface area contributed by atoms with Crippen LogP contribution in [-0.4, -0.2) is 34.6 Å². The SMILES string of the molecule is CC(O)C1CCCCN1C(=O)c1ccc(F)cc1Cl. The van der Waals surface area contributed by atoms with Crippen LogP contribution in [0.25, 0.3) is 0 Å². The third-order valence-electron chi connectivity index (χ3n) is 3.53. The fourth-order valence-corrected chi connectivity index (χ4v) is 2.78. The summed E-state index contributed by atoms with van der Waals surface area (Å²) >= 11 is 5.92. The van der Waals surface area contributed by atoms with Crippen molar-refractivity contribution in [3.05, 3.63) is 34.6 Å². The van der Waals surface area contributed by atoms with E-state index < -0.39 is 11.9 Å². The van der Waals surface area contributed by atoms with Gasteiger partial charge in [-0.05, 0) is 44.4 Å². The van der Waals surface area contributed by atoms with Gasteiger partial charge in [-0.25, -0.2) is 4.39 Å². The highest BCUT2D eigenvalue weighted by atomic mass is 35.5. The number of likely N-dealkylation sites (tertiary alicyclic amines) is 1. The molecule has 2 unspecified atom stereocenters.